The Balaban J connectivity index is 1.33. The Morgan fingerprint density at radius 1 is 1.03 bits per heavy atom. The van der Waals surface area contributed by atoms with E-state index in [1.54, 1.807) is 23.2 Å². The molecule has 4 aromatic rings. The van der Waals surface area contributed by atoms with Gasteiger partial charge in [0.2, 0.25) is 5.91 Å². The van der Waals surface area contributed by atoms with Crippen molar-refractivity contribution in [2.24, 2.45) is 0 Å². The summed E-state index contributed by atoms with van der Waals surface area (Å²) in [6.45, 7) is 5.79. The Hall–Kier alpha value is -3.07. The van der Waals surface area contributed by atoms with Crippen LogP contribution >= 0.6 is 32.9 Å². The van der Waals surface area contributed by atoms with Crippen LogP contribution in [0, 0.1) is 0 Å². The zero-order valence-corrected chi connectivity index (χ0v) is 22.0. The molecular weight excluding hydrogens is 509 g/mol. The van der Waals surface area contributed by atoms with Gasteiger partial charge in [-0.1, -0.05) is 90.2 Å². The third kappa shape index (κ3) is 5.21. The molecule has 0 N–H and O–H groups in total. The van der Waals surface area contributed by atoms with E-state index in [0.29, 0.717) is 12.0 Å². The molecular formula is C28H24N2O3S3. The molecule has 3 aromatic carbocycles. The standard InChI is InChI=1S/C28H24N2O3S3/c1-18(2)25(27(32)33-26(19-11-5-3-6-12-19)20-13-7-4-8-14-20)30-23(31)17-24(30)35-36-28-29-21-15-9-10-16-22(21)34-28/h3-16,24-26H,1,17H2,2H3/t24-,25?/m1/s1. The quantitative estimate of drug-likeness (QED) is 0.101. The number of β-lactam (4-membered cyclic amide) rings is 1. The molecule has 0 aliphatic carbocycles. The van der Waals surface area contributed by atoms with Crippen LogP contribution in [-0.2, 0) is 14.3 Å². The lowest BCUT2D eigenvalue weighted by molar-refractivity contribution is -0.162. The molecule has 0 saturated carbocycles. The van der Waals surface area contributed by atoms with Crippen LogP contribution in [0.25, 0.3) is 10.2 Å². The van der Waals surface area contributed by atoms with Crippen molar-refractivity contribution in [2.75, 3.05) is 0 Å². The molecule has 2 atom stereocenters. The number of thiazole rings is 1. The van der Waals surface area contributed by atoms with Crippen LogP contribution in [-0.4, -0.2) is 33.2 Å². The number of esters is 1. The van der Waals surface area contributed by atoms with Gasteiger partial charge in [-0.3, -0.25) is 4.79 Å². The maximum atomic E-state index is 13.6. The van der Waals surface area contributed by atoms with E-state index in [9.17, 15) is 9.59 Å². The highest BCUT2D eigenvalue weighted by molar-refractivity contribution is 8.77. The van der Waals surface area contributed by atoms with E-state index in [-0.39, 0.29) is 11.3 Å². The monoisotopic (exact) mass is 532 g/mol. The number of hydrogen-bond acceptors (Lipinski definition) is 7. The van der Waals surface area contributed by atoms with Crippen LogP contribution in [0.4, 0.5) is 0 Å². The van der Waals surface area contributed by atoms with Crippen molar-refractivity contribution >= 4 is 55.0 Å². The van der Waals surface area contributed by atoms with E-state index in [1.807, 2.05) is 84.9 Å². The van der Waals surface area contributed by atoms with Crippen LogP contribution in [0.1, 0.15) is 30.6 Å². The SMILES string of the molecule is C=C(C)C(C(=O)OC(c1ccccc1)c1ccccc1)N1C(=O)C[C@H]1SSc1nc2ccccc2s1. The summed E-state index contributed by atoms with van der Waals surface area (Å²) in [5.41, 5.74) is 3.27. The molecule has 36 heavy (non-hydrogen) atoms. The van der Waals surface area contributed by atoms with Crippen molar-refractivity contribution in [3.63, 3.8) is 0 Å². The first-order valence-corrected chi connectivity index (χ1v) is 14.5. The third-order valence-corrected chi connectivity index (χ3v) is 9.88. The van der Waals surface area contributed by atoms with Gasteiger partial charge in [0.1, 0.15) is 0 Å². The highest BCUT2D eigenvalue weighted by Gasteiger charge is 2.46. The number of likely N-dealkylation sites (tertiary alicyclic amines) is 1. The number of ether oxygens (including phenoxy) is 1. The lowest BCUT2D eigenvalue weighted by Crippen LogP contribution is -2.59. The molecule has 2 heterocycles. The Morgan fingerprint density at radius 2 is 1.64 bits per heavy atom. The van der Waals surface area contributed by atoms with Crippen LogP contribution < -0.4 is 0 Å². The summed E-state index contributed by atoms with van der Waals surface area (Å²) in [6, 6.07) is 26.4. The van der Waals surface area contributed by atoms with Crippen molar-refractivity contribution in [3.05, 3.63) is 108 Å². The number of carbonyl (C=O) groups excluding carboxylic acids is 2. The van der Waals surface area contributed by atoms with E-state index in [2.05, 4.69) is 11.6 Å². The maximum absolute atomic E-state index is 13.6. The van der Waals surface area contributed by atoms with Crippen LogP contribution in [0.2, 0.25) is 0 Å². The molecule has 0 spiro atoms. The molecule has 182 valence electrons. The van der Waals surface area contributed by atoms with Crippen molar-refractivity contribution in [1.82, 2.24) is 9.88 Å². The highest BCUT2D eigenvalue weighted by Crippen LogP contribution is 2.45. The Kier molecular flexibility index (Phi) is 7.46. The first kappa shape index (κ1) is 24.6. The number of hydrogen-bond donors (Lipinski definition) is 0. The molecule has 8 heteroatoms. The maximum Gasteiger partial charge on any atom is 0.334 e. The number of carbonyl (C=O) groups is 2. The van der Waals surface area contributed by atoms with E-state index >= 15 is 0 Å². The van der Waals surface area contributed by atoms with Crippen molar-refractivity contribution in [1.29, 1.82) is 0 Å². The third-order valence-electron chi connectivity index (χ3n) is 5.86. The summed E-state index contributed by atoms with van der Waals surface area (Å²) in [6.07, 6.45) is -0.221. The zero-order valence-electron chi connectivity index (χ0n) is 19.6. The summed E-state index contributed by atoms with van der Waals surface area (Å²) < 4.78 is 8.13. The Morgan fingerprint density at radius 3 is 2.22 bits per heavy atom. The van der Waals surface area contributed by atoms with Crippen molar-refractivity contribution in [2.45, 2.75) is 35.2 Å². The number of benzene rings is 3. The predicted molar refractivity (Wildman–Crippen MR) is 148 cm³/mol. The molecule has 1 fully saturated rings. The average molecular weight is 533 g/mol. The van der Waals surface area contributed by atoms with Gasteiger partial charge in [-0.05, 0) is 46.6 Å². The number of fused-ring (bicyclic) bond motifs is 1. The van der Waals surface area contributed by atoms with Gasteiger partial charge in [0.05, 0.1) is 22.0 Å². The number of nitrogens with zero attached hydrogens (tertiary/aromatic N) is 2. The Labute approximate surface area is 222 Å². The topological polar surface area (TPSA) is 59.5 Å². The summed E-state index contributed by atoms with van der Waals surface area (Å²) in [5, 5.41) is -0.171. The van der Waals surface area contributed by atoms with Crippen molar-refractivity contribution < 1.29 is 14.3 Å². The molecule has 1 saturated heterocycles. The summed E-state index contributed by atoms with van der Waals surface area (Å²) in [5.74, 6) is -0.567. The average Bonchev–Trinajstić information content (AvgIpc) is 3.31. The number of para-hydroxylation sites is 1. The van der Waals surface area contributed by atoms with Gasteiger partial charge in [0.15, 0.2) is 16.5 Å². The minimum absolute atomic E-state index is 0.0849. The van der Waals surface area contributed by atoms with Gasteiger partial charge in [-0.2, -0.15) is 0 Å². The summed E-state index contributed by atoms with van der Waals surface area (Å²) in [4.78, 5) is 32.5. The van der Waals surface area contributed by atoms with E-state index in [0.717, 1.165) is 25.7 Å². The molecule has 5 rings (SSSR count). The minimum atomic E-state index is -0.852. The van der Waals surface area contributed by atoms with Crippen molar-refractivity contribution in [3.8, 4) is 0 Å². The van der Waals surface area contributed by atoms with Gasteiger partial charge in [-0.15, -0.1) is 11.3 Å². The van der Waals surface area contributed by atoms with Gasteiger partial charge < -0.3 is 9.64 Å². The lowest BCUT2D eigenvalue weighted by Gasteiger charge is -2.44. The van der Waals surface area contributed by atoms with Gasteiger partial charge >= 0.3 is 5.97 Å². The van der Waals surface area contributed by atoms with E-state index < -0.39 is 18.1 Å². The highest BCUT2D eigenvalue weighted by atomic mass is 33.1. The lowest BCUT2D eigenvalue weighted by atomic mass is 10.00. The molecule has 0 bridgehead atoms. The molecule has 1 amide bonds. The second kappa shape index (κ2) is 10.9. The van der Waals surface area contributed by atoms with E-state index in [1.165, 1.54) is 21.6 Å². The van der Waals surface area contributed by atoms with Gasteiger partial charge in [0.25, 0.3) is 0 Å². The molecule has 0 radical (unpaired) electrons. The van der Waals surface area contributed by atoms with Crippen LogP contribution in [0.15, 0.2) is 101 Å². The summed E-state index contributed by atoms with van der Waals surface area (Å²) >= 11 is 1.62. The largest absolute Gasteiger partial charge is 0.451 e. The minimum Gasteiger partial charge on any atom is -0.451 e. The number of amides is 1. The normalized spacial score (nSPS) is 16.1. The smallest absolute Gasteiger partial charge is 0.334 e. The molecule has 1 aliphatic rings. The summed E-state index contributed by atoms with van der Waals surface area (Å²) in [7, 11) is 3.07. The molecule has 1 aromatic heterocycles. The second-order valence-corrected chi connectivity index (χ2v) is 12.1. The first-order valence-electron chi connectivity index (χ1n) is 11.5. The molecule has 1 aliphatic heterocycles. The Bertz CT molecular complexity index is 1320. The van der Waals surface area contributed by atoms with Crippen LogP contribution in [0.3, 0.4) is 0 Å². The fourth-order valence-corrected chi connectivity index (χ4v) is 7.90. The predicted octanol–water partition coefficient (Wildman–Crippen LogP) is 6.87. The van der Waals surface area contributed by atoms with Gasteiger partial charge in [-0.25, -0.2) is 9.78 Å². The first-order chi connectivity index (χ1) is 17.5. The fraction of sp³-hybridized carbons (Fsp3) is 0.179. The zero-order chi connectivity index (χ0) is 25.1. The second-order valence-electron chi connectivity index (χ2n) is 8.47. The van der Waals surface area contributed by atoms with Gasteiger partial charge in [0, 0.05) is 0 Å². The number of aromatic nitrogens is 1. The number of rotatable bonds is 9. The fourth-order valence-electron chi connectivity index (χ4n) is 4.09. The van der Waals surface area contributed by atoms with E-state index in [4.69, 9.17) is 4.74 Å². The molecule has 5 nitrogen and oxygen atoms in total. The van der Waals surface area contributed by atoms with Crippen LogP contribution in [0.5, 0.6) is 0 Å². The molecule has 1 unspecified atom stereocenters.